The van der Waals surface area contributed by atoms with E-state index in [0.29, 0.717) is 24.4 Å². The van der Waals surface area contributed by atoms with Crippen LogP contribution >= 0.6 is 11.8 Å². The number of nitrogens with zero attached hydrogens (tertiary/aromatic N) is 2. The Balaban J connectivity index is 1.41. The van der Waals surface area contributed by atoms with E-state index in [4.69, 9.17) is 4.74 Å². The number of rotatable bonds is 7. The average molecular weight is 494 g/mol. The number of nitrogens with one attached hydrogen (secondary N) is 1. The molecule has 182 valence electrons. The summed E-state index contributed by atoms with van der Waals surface area (Å²) in [6.07, 6.45) is 3.43. The molecule has 2 aliphatic heterocycles. The first-order valence-electron chi connectivity index (χ1n) is 11.4. The van der Waals surface area contributed by atoms with E-state index in [1.165, 1.54) is 0 Å². The van der Waals surface area contributed by atoms with Gasteiger partial charge in [-0.15, -0.1) is 0 Å². The molecular formula is C26H27N3O5S. The number of hydrogen-bond acceptors (Lipinski definition) is 6. The lowest BCUT2D eigenvalue weighted by atomic mass is 10.1. The number of thioether (sulfide) groups is 1. The van der Waals surface area contributed by atoms with Crippen LogP contribution in [0.3, 0.4) is 0 Å². The van der Waals surface area contributed by atoms with Gasteiger partial charge in [-0.1, -0.05) is 35.9 Å². The van der Waals surface area contributed by atoms with Gasteiger partial charge in [-0.2, -0.15) is 0 Å². The van der Waals surface area contributed by atoms with Gasteiger partial charge in [0.05, 0.1) is 4.91 Å². The molecule has 4 amide bonds. The maximum absolute atomic E-state index is 12.8. The highest BCUT2D eigenvalue weighted by Gasteiger charge is 2.37. The van der Waals surface area contributed by atoms with Crippen molar-refractivity contribution < 1.29 is 23.9 Å². The third kappa shape index (κ3) is 5.92. The number of ether oxygens (including phenoxy) is 1. The molecule has 0 saturated carbocycles. The molecule has 0 aliphatic carbocycles. The number of anilines is 1. The van der Waals surface area contributed by atoms with Crippen LogP contribution in [-0.4, -0.2) is 59.0 Å². The van der Waals surface area contributed by atoms with Crippen LogP contribution < -0.4 is 10.1 Å². The fourth-order valence-corrected chi connectivity index (χ4v) is 4.82. The number of amides is 4. The largest absolute Gasteiger partial charge is 0.483 e. The van der Waals surface area contributed by atoms with Crippen LogP contribution in [0.2, 0.25) is 0 Å². The number of aryl methyl sites for hydroxylation is 2. The van der Waals surface area contributed by atoms with Crippen LogP contribution in [0.4, 0.5) is 10.5 Å². The summed E-state index contributed by atoms with van der Waals surface area (Å²) in [5.74, 6) is -0.629. The summed E-state index contributed by atoms with van der Waals surface area (Å²) in [7, 11) is 0. The highest BCUT2D eigenvalue weighted by Crippen LogP contribution is 2.34. The van der Waals surface area contributed by atoms with Gasteiger partial charge in [0.15, 0.2) is 6.61 Å². The minimum Gasteiger partial charge on any atom is -0.483 e. The molecule has 2 aromatic rings. The van der Waals surface area contributed by atoms with Gasteiger partial charge in [0, 0.05) is 24.3 Å². The van der Waals surface area contributed by atoms with Crippen molar-refractivity contribution in [2.24, 2.45) is 0 Å². The van der Waals surface area contributed by atoms with E-state index < -0.39 is 11.1 Å². The number of hydrogen-bond donors (Lipinski definition) is 1. The minimum absolute atomic E-state index is 0.208. The van der Waals surface area contributed by atoms with Gasteiger partial charge in [-0.3, -0.25) is 24.1 Å². The summed E-state index contributed by atoms with van der Waals surface area (Å²) < 4.78 is 5.73. The molecular weight excluding hydrogens is 466 g/mol. The van der Waals surface area contributed by atoms with Crippen molar-refractivity contribution in [3.05, 3.63) is 64.1 Å². The molecule has 2 aliphatic rings. The predicted octanol–water partition coefficient (Wildman–Crippen LogP) is 3.98. The molecule has 0 unspecified atom stereocenters. The monoisotopic (exact) mass is 493 g/mol. The minimum atomic E-state index is -0.505. The number of carbonyl (C=O) groups is 4. The van der Waals surface area contributed by atoms with E-state index in [1.807, 2.05) is 32.0 Å². The van der Waals surface area contributed by atoms with Crippen molar-refractivity contribution in [2.45, 2.75) is 26.7 Å². The van der Waals surface area contributed by atoms with Crippen LogP contribution in [0.25, 0.3) is 6.08 Å². The second kappa shape index (κ2) is 10.8. The molecule has 0 aromatic heterocycles. The van der Waals surface area contributed by atoms with E-state index in [0.717, 1.165) is 46.3 Å². The van der Waals surface area contributed by atoms with Gasteiger partial charge in [0.2, 0.25) is 5.91 Å². The van der Waals surface area contributed by atoms with E-state index >= 15 is 0 Å². The molecule has 2 heterocycles. The smallest absolute Gasteiger partial charge is 0.294 e. The zero-order chi connectivity index (χ0) is 24.9. The van der Waals surface area contributed by atoms with Gasteiger partial charge in [0.25, 0.3) is 17.1 Å². The molecule has 2 saturated heterocycles. The van der Waals surface area contributed by atoms with Crippen LogP contribution in [0, 0.1) is 13.8 Å². The fraction of sp³-hybridized carbons (Fsp3) is 0.308. The molecule has 2 aromatic carbocycles. The van der Waals surface area contributed by atoms with E-state index in [2.05, 4.69) is 5.32 Å². The first kappa shape index (κ1) is 24.5. The van der Waals surface area contributed by atoms with Crippen molar-refractivity contribution in [1.29, 1.82) is 0 Å². The first-order valence-corrected chi connectivity index (χ1v) is 12.3. The predicted molar refractivity (Wildman–Crippen MR) is 135 cm³/mol. The number of benzene rings is 2. The van der Waals surface area contributed by atoms with Crippen molar-refractivity contribution in [1.82, 2.24) is 9.80 Å². The third-order valence-electron chi connectivity index (χ3n) is 5.85. The highest BCUT2D eigenvalue weighted by molar-refractivity contribution is 8.18. The second-order valence-electron chi connectivity index (χ2n) is 8.55. The Morgan fingerprint density at radius 2 is 1.83 bits per heavy atom. The molecule has 0 spiro atoms. The number of imide groups is 1. The highest BCUT2D eigenvalue weighted by atomic mass is 32.2. The number of likely N-dealkylation sites (tertiary alicyclic amines) is 1. The standard InChI is InChI=1S/C26H27N3O5S/c1-17-9-10-20(18(2)13-17)27-23(30)16-34-21-8-4-3-7-19(21)14-22-25(32)29(26(33)35-22)15-24(31)28-11-5-6-12-28/h3-4,7-10,13-14H,5-6,11-12,15-16H2,1-2H3,(H,27,30)/b22-14-. The maximum atomic E-state index is 12.8. The Morgan fingerprint density at radius 1 is 1.09 bits per heavy atom. The van der Waals surface area contributed by atoms with Crippen molar-refractivity contribution in [2.75, 3.05) is 31.6 Å². The summed E-state index contributed by atoms with van der Waals surface area (Å²) >= 11 is 0.792. The molecule has 1 N–H and O–H groups in total. The Hall–Kier alpha value is -3.59. The molecule has 35 heavy (non-hydrogen) atoms. The molecule has 9 heteroatoms. The normalized spacial score (nSPS) is 16.8. The first-order chi connectivity index (χ1) is 16.8. The lowest BCUT2D eigenvalue weighted by Gasteiger charge is -2.18. The molecule has 0 bridgehead atoms. The molecule has 0 atom stereocenters. The second-order valence-corrected chi connectivity index (χ2v) is 9.54. The van der Waals surface area contributed by atoms with Gasteiger partial charge < -0.3 is 15.0 Å². The SMILES string of the molecule is Cc1ccc(NC(=O)COc2ccccc2/C=C2\SC(=O)N(CC(=O)N3CCCC3)C2=O)c(C)c1. The van der Waals surface area contributed by atoms with Crippen molar-refractivity contribution >= 4 is 46.5 Å². The Labute approximate surface area is 208 Å². The Morgan fingerprint density at radius 3 is 2.57 bits per heavy atom. The lowest BCUT2D eigenvalue weighted by Crippen LogP contribution is -2.40. The zero-order valence-electron chi connectivity index (χ0n) is 19.7. The van der Waals surface area contributed by atoms with Crippen LogP contribution in [-0.2, 0) is 14.4 Å². The quantitative estimate of drug-likeness (QED) is 0.586. The van der Waals surface area contributed by atoms with Crippen LogP contribution in [0.5, 0.6) is 5.75 Å². The van der Waals surface area contributed by atoms with E-state index in [-0.39, 0.29) is 29.9 Å². The van der Waals surface area contributed by atoms with Crippen LogP contribution in [0.1, 0.15) is 29.5 Å². The Bertz CT molecular complexity index is 1200. The summed E-state index contributed by atoms with van der Waals surface area (Å²) in [6.45, 7) is 4.76. The van der Waals surface area contributed by atoms with Crippen molar-refractivity contribution in [3.63, 3.8) is 0 Å². The third-order valence-corrected chi connectivity index (χ3v) is 6.75. The van der Waals surface area contributed by atoms with Gasteiger partial charge >= 0.3 is 0 Å². The number of para-hydroxylation sites is 1. The average Bonchev–Trinajstić information content (AvgIpc) is 3.45. The zero-order valence-corrected chi connectivity index (χ0v) is 20.5. The van der Waals surface area contributed by atoms with Gasteiger partial charge in [-0.05, 0) is 62.2 Å². The Kier molecular flexibility index (Phi) is 7.55. The molecule has 8 nitrogen and oxygen atoms in total. The fourth-order valence-electron chi connectivity index (χ4n) is 3.99. The summed E-state index contributed by atoms with van der Waals surface area (Å²) in [4.78, 5) is 53.0. The van der Waals surface area contributed by atoms with Gasteiger partial charge in [-0.25, -0.2) is 0 Å². The maximum Gasteiger partial charge on any atom is 0.294 e. The van der Waals surface area contributed by atoms with E-state index in [1.54, 1.807) is 35.2 Å². The molecule has 2 fully saturated rings. The van der Waals surface area contributed by atoms with E-state index in [9.17, 15) is 19.2 Å². The lowest BCUT2D eigenvalue weighted by molar-refractivity contribution is -0.135. The number of carbonyl (C=O) groups excluding carboxylic acids is 4. The molecule has 0 radical (unpaired) electrons. The summed E-state index contributed by atoms with van der Waals surface area (Å²) in [5.41, 5.74) is 3.34. The topological polar surface area (TPSA) is 96.0 Å². The van der Waals surface area contributed by atoms with Gasteiger partial charge in [0.1, 0.15) is 12.3 Å². The summed E-state index contributed by atoms with van der Waals surface area (Å²) in [5, 5.41) is 2.36. The van der Waals surface area contributed by atoms with Crippen molar-refractivity contribution in [3.8, 4) is 5.75 Å². The molecule has 4 rings (SSSR count). The summed E-state index contributed by atoms with van der Waals surface area (Å²) in [6, 6.07) is 12.7. The van der Waals surface area contributed by atoms with Crippen LogP contribution in [0.15, 0.2) is 47.4 Å².